The lowest BCUT2D eigenvalue weighted by Gasteiger charge is -2.10. The summed E-state index contributed by atoms with van der Waals surface area (Å²) in [6, 6.07) is 14.3. The first-order valence-corrected chi connectivity index (χ1v) is 7.21. The van der Waals surface area contributed by atoms with Crippen LogP contribution in [-0.2, 0) is 6.54 Å². The molecule has 1 aromatic heterocycles. The van der Waals surface area contributed by atoms with Gasteiger partial charge in [-0.2, -0.15) is 0 Å². The molecule has 3 rings (SSSR count). The van der Waals surface area contributed by atoms with Gasteiger partial charge in [-0.15, -0.1) is 0 Å². The van der Waals surface area contributed by atoms with Crippen LogP contribution in [0.3, 0.4) is 0 Å². The molecule has 0 aliphatic rings. The Balaban J connectivity index is 1.95. The number of carbonyl (C=O) groups excluding carboxylic acids is 1. The third-order valence-corrected chi connectivity index (χ3v) is 4.14. The summed E-state index contributed by atoms with van der Waals surface area (Å²) in [6.45, 7) is 6.52. The molecule has 1 heterocycles. The predicted molar refractivity (Wildman–Crippen MR) is 86.9 cm³/mol. The van der Waals surface area contributed by atoms with Crippen molar-refractivity contribution in [3.63, 3.8) is 0 Å². The van der Waals surface area contributed by atoms with E-state index in [1.807, 2.05) is 35.9 Å². The molecule has 0 spiro atoms. The van der Waals surface area contributed by atoms with E-state index in [2.05, 4.69) is 38.1 Å². The van der Waals surface area contributed by atoms with E-state index in [1.165, 1.54) is 16.5 Å². The number of Topliss-reactive ketones (excluding diaryl/α,β-unsaturated/α-hetero) is 1. The van der Waals surface area contributed by atoms with E-state index in [0.29, 0.717) is 6.54 Å². The fraction of sp³-hybridized carbons (Fsp3) is 0.211. The van der Waals surface area contributed by atoms with Crippen LogP contribution in [0.1, 0.15) is 27.0 Å². The first-order valence-electron chi connectivity index (χ1n) is 7.21. The maximum absolute atomic E-state index is 12.6. The smallest absolute Gasteiger partial charge is 0.182 e. The van der Waals surface area contributed by atoms with Crippen molar-refractivity contribution in [1.29, 1.82) is 0 Å². The molecule has 0 unspecified atom stereocenters. The van der Waals surface area contributed by atoms with Crippen LogP contribution in [0.15, 0.2) is 48.7 Å². The normalized spacial score (nSPS) is 11.0. The Morgan fingerprint density at radius 3 is 2.48 bits per heavy atom. The van der Waals surface area contributed by atoms with Gasteiger partial charge in [0.1, 0.15) is 0 Å². The van der Waals surface area contributed by atoms with Crippen LogP contribution in [0, 0.1) is 20.8 Å². The zero-order valence-electron chi connectivity index (χ0n) is 12.7. The zero-order valence-corrected chi connectivity index (χ0v) is 12.7. The second-order valence-corrected chi connectivity index (χ2v) is 5.68. The lowest BCUT2D eigenvalue weighted by molar-refractivity contribution is 0.0973. The van der Waals surface area contributed by atoms with Gasteiger partial charge < -0.3 is 4.57 Å². The number of benzene rings is 2. The van der Waals surface area contributed by atoms with Gasteiger partial charge in [0.25, 0.3) is 0 Å². The topological polar surface area (TPSA) is 22.0 Å². The Hall–Kier alpha value is -2.35. The van der Waals surface area contributed by atoms with Crippen LogP contribution in [0.5, 0.6) is 0 Å². The van der Waals surface area contributed by atoms with Crippen molar-refractivity contribution in [2.75, 3.05) is 0 Å². The van der Waals surface area contributed by atoms with Crippen LogP contribution in [0.4, 0.5) is 0 Å². The third kappa shape index (κ3) is 2.49. The van der Waals surface area contributed by atoms with Crippen LogP contribution < -0.4 is 0 Å². The van der Waals surface area contributed by atoms with E-state index >= 15 is 0 Å². The number of hydrogen-bond donors (Lipinski definition) is 0. The summed E-state index contributed by atoms with van der Waals surface area (Å²) < 4.78 is 2.02. The number of fused-ring (bicyclic) bond motifs is 1. The summed E-state index contributed by atoms with van der Waals surface area (Å²) in [5.74, 6) is 0.164. The molecule has 0 atom stereocenters. The van der Waals surface area contributed by atoms with Gasteiger partial charge in [-0.3, -0.25) is 4.79 Å². The van der Waals surface area contributed by atoms with Crippen molar-refractivity contribution < 1.29 is 4.79 Å². The molecule has 2 nitrogen and oxygen atoms in total. The first-order chi connectivity index (χ1) is 10.1. The Morgan fingerprint density at radius 1 is 0.952 bits per heavy atom. The molecule has 106 valence electrons. The number of carbonyl (C=O) groups is 1. The SMILES string of the molecule is Cc1cc(C)c(C(=O)Cn2ccc3ccccc32)cc1C. The molecular weight excluding hydrogens is 258 g/mol. The van der Waals surface area contributed by atoms with Gasteiger partial charge in [0.05, 0.1) is 6.54 Å². The van der Waals surface area contributed by atoms with Gasteiger partial charge in [-0.1, -0.05) is 24.3 Å². The minimum absolute atomic E-state index is 0.164. The van der Waals surface area contributed by atoms with Crippen molar-refractivity contribution in [2.45, 2.75) is 27.3 Å². The molecule has 3 aromatic rings. The number of aromatic nitrogens is 1. The molecule has 0 saturated heterocycles. The van der Waals surface area contributed by atoms with Crippen LogP contribution in [-0.4, -0.2) is 10.4 Å². The Kier molecular flexibility index (Phi) is 3.38. The summed E-state index contributed by atoms with van der Waals surface area (Å²) in [5, 5.41) is 1.17. The molecular formula is C19H19NO. The molecule has 0 aliphatic carbocycles. The number of hydrogen-bond acceptors (Lipinski definition) is 1. The van der Waals surface area contributed by atoms with Crippen molar-refractivity contribution in [3.8, 4) is 0 Å². The summed E-state index contributed by atoms with van der Waals surface area (Å²) >= 11 is 0. The van der Waals surface area contributed by atoms with Gasteiger partial charge in [0.15, 0.2) is 5.78 Å². The fourth-order valence-electron chi connectivity index (χ4n) is 2.78. The first kappa shape index (κ1) is 13.6. The van der Waals surface area contributed by atoms with Crippen molar-refractivity contribution in [3.05, 3.63) is 70.9 Å². The van der Waals surface area contributed by atoms with Gasteiger partial charge in [-0.05, 0) is 61.0 Å². The number of rotatable bonds is 3. The lowest BCUT2D eigenvalue weighted by atomic mass is 9.98. The molecule has 0 N–H and O–H groups in total. The lowest BCUT2D eigenvalue weighted by Crippen LogP contribution is -2.11. The van der Waals surface area contributed by atoms with Gasteiger partial charge >= 0.3 is 0 Å². The quantitative estimate of drug-likeness (QED) is 0.648. The summed E-state index contributed by atoms with van der Waals surface area (Å²) in [5.41, 5.74) is 5.39. The molecule has 2 aromatic carbocycles. The van der Waals surface area contributed by atoms with E-state index in [9.17, 15) is 4.79 Å². The predicted octanol–water partition coefficient (Wildman–Crippen LogP) is 4.45. The highest BCUT2D eigenvalue weighted by molar-refractivity contribution is 5.98. The second kappa shape index (κ2) is 5.21. The van der Waals surface area contributed by atoms with E-state index < -0.39 is 0 Å². The highest BCUT2D eigenvalue weighted by atomic mass is 16.1. The Morgan fingerprint density at radius 2 is 1.67 bits per heavy atom. The van der Waals surface area contributed by atoms with Crippen LogP contribution >= 0.6 is 0 Å². The van der Waals surface area contributed by atoms with Crippen molar-refractivity contribution in [2.24, 2.45) is 0 Å². The Bertz CT molecular complexity index is 827. The average Bonchev–Trinajstić information content (AvgIpc) is 2.86. The minimum atomic E-state index is 0.164. The zero-order chi connectivity index (χ0) is 15.0. The number of para-hydroxylation sites is 1. The number of ketones is 1. The molecule has 0 fully saturated rings. The molecule has 0 bridgehead atoms. The van der Waals surface area contributed by atoms with Crippen LogP contribution in [0.25, 0.3) is 10.9 Å². The molecule has 0 aliphatic heterocycles. The van der Waals surface area contributed by atoms with Gasteiger partial charge in [0, 0.05) is 17.3 Å². The maximum atomic E-state index is 12.6. The Labute approximate surface area is 125 Å². The average molecular weight is 277 g/mol. The van der Waals surface area contributed by atoms with Gasteiger partial charge in [-0.25, -0.2) is 0 Å². The molecule has 2 heteroatoms. The molecule has 21 heavy (non-hydrogen) atoms. The second-order valence-electron chi connectivity index (χ2n) is 5.68. The molecule has 0 amide bonds. The highest BCUT2D eigenvalue weighted by Gasteiger charge is 2.12. The largest absolute Gasteiger partial charge is 0.340 e. The highest BCUT2D eigenvalue weighted by Crippen LogP contribution is 2.19. The minimum Gasteiger partial charge on any atom is -0.340 e. The monoisotopic (exact) mass is 277 g/mol. The molecule has 0 radical (unpaired) electrons. The molecule has 0 saturated carbocycles. The van der Waals surface area contributed by atoms with E-state index in [1.54, 1.807) is 0 Å². The van der Waals surface area contributed by atoms with Crippen LogP contribution in [0.2, 0.25) is 0 Å². The van der Waals surface area contributed by atoms with E-state index in [-0.39, 0.29) is 5.78 Å². The summed E-state index contributed by atoms with van der Waals surface area (Å²) in [4.78, 5) is 12.6. The fourth-order valence-corrected chi connectivity index (χ4v) is 2.78. The van der Waals surface area contributed by atoms with E-state index in [0.717, 1.165) is 16.6 Å². The summed E-state index contributed by atoms with van der Waals surface area (Å²) in [6.07, 6.45) is 1.99. The van der Waals surface area contributed by atoms with Gasteiger partial charge in [0.2, 0.25) is 0 Å². The standard InChI is InChI=1S/C19H19NO/c1-13-10-15(3)17(11-14(13)2)19(21)12-20-9-8-16-6-4-5-7-18(16)20/h4-11H,12H2,1-3H3. The summed E-state index contributed by atoms with van der Waals surface area (Å²) in [7, 11) is 0. The maximum Gasteiger partial charge on any atom is 0.182 e. The third-order valence-electron chi connectivity index (χ3n) is 4.14. The van der Waals surface area contributed by atoms with Crippen molar-refractivity contribution in [1.82, 2.24) is 4.57 Å². The van der Waals surface area contributed by atoms with Crippen molar-refractivity contribution >= 4 is 16.7 Å². The number of aryl methyl sites for hydroxylation is 3. The number of nitrogens with zero attached hydrogens (tertiary/aromatic N) is 1. The van der Waals surface area contributed by atoms with E-state index in [4.69, 9.17) is 0 Å².